The molecule has 0 heterocycles. The number of esters is 1. The summed E-state index contributed by atoms with van der Waals surface area (Å²) >= 11 is 0. The van der Waals surface area contributed by atoms with Crippen molar-refractivity contribution in [2.45, 2.75) is 70.8 Å². The van der Waals surface area contributed by atoms with E-state index < -0.39 is 11.8 Å². The molecule has 0 radical (unpaired) electrons. The Balaban J connectivity index is 1.28. The van der Waals surface area contributed by atoms with Gasteiger partial charge in [-0.1, -0.05) is 91.9 Å². The Morgan fingerprint density at radius 3 is 2.39 bits per heavy atom. The molecule has 0 aliphatic heterocycles. The van der Waals surface area contributed by atoms with Crippen LogP contribution in [0.1, 0.15) is 90.9 Å². The van der Waals surface area contributed by atoms with Gasteiger partial charge in [-0.3, -0.25) is 0 Å². The van der Waals surface area contributed by atoms with E-state index in [0.29, 0.717) is 17.4 Å². The number of ether oxygens (including phenoxy) is 1. The summed E-state index contributed by atoms with van der Waals surface area (Å²) in [5.41, 5.74) is 4.33. The molecule has 0 amide bonds. The van der Waals surface area contributed by atoms with Gasteiger partial charge in [-0.05, 0) is 92.5 Å². The molecule has 1 aliphatic rings. The third-order valence-corrected chi connectivity index (χ3v) is 7.63. The highest BCUT2D eigenvalue weighted by molar-refractivity contribution is 5.90. The van der Waals surface area contributed by atoms with Crippen LogP contribution < -0.4 is 0 Å². The highest BCUT2D eigenvalue weighted by Crippen LogP contribution is 2.30. The summed E-state index contributed by atoms with van der Waals surface area (Å²) in [6, 6.07) is 23.5. The lowest BCUT2D eigenvalue weighted by Crippen LogP contribution is -2.24. The van der Waals surface area contributed by atoms with E-state index in [9.17, 15) is 9.18 Å². The second kappa shape index (κ2) is 13.9. The molecule has 1 fully saturated rings. The van der Waals surface area contributed by atoms with Crippen LogP contribution in [0.3, 0.4) is 0 Å². The highest BCUT2D eigenvalue weighted by Gasteiger charge is 2.24. The molecule has 3 aromatic carbocycles. The first-order valence-corrected chi connectivity index (χ1v) is 14.0. The van der Waals surface area contributed by atoms with Gasteiger partial charge in [0.1, 0.15) is 11.9 Å². The van der Waals surface area contributed by atoms with Gasteiger partial charge in [0.15, 0.2) is 0 Å². The lowest BCUT2D eigenvalue weighted by molar-refractivity contribution is 0.0162. The molecule has 0 N–H and O–H groups in total. The SMILES string of the molecule is C/C=C/CCC1CCC(OC(=O)c2ccc(/C=C/c3ccc(CC(C)c4ccccc4)cc3)c(F)c2)CC1. The molecular weight excluding hydrogens is 471 g/mol. The zero-order valence-corrected chi connectivity index (χ0v) is 22.6. The Labute approximate surface area is 227 Å². The minimum atomic E-state index is -0.433. The fourth-order valence-corrected chi connectivity index (χ4v) is 5.25. The number of carbonyl (C=O) groups excluding carboxylic acids is 1. The summed E-state index contributed by atoms with van der Waals surface area (Å²) in [7, 11) is 0. The van der Waals surface area contributed by atoms with Crippen LogP contribution in [0.15, 0.2) is 84.9 Å². The Morgan fingerprint density at radius 1 is 0.974 bits per heavy atom. The first-order valence-electron chi connectivity index (χ1n) is 14.0. The fraction of sp³-hybridized carbons (Fsp3) is 0.343. The molecule has 1 unspecified atom stereocenters. The van der Waals surface area contributed by atoms with E-state index in [2.05, 4.69) is 74.5 Å². The average Bonchev–Trinajstić information content (AvgIpc) is 2.94. The van der Waals surface area contributed by atoms with Crippen LogP contribution in [0.25, 0.3) is 12.2 Å². The second-order valence-electron chi connectivity index (χ2n) is 10.5. The van der Waals surface area contributed by atoms with Gasteiger partial charge in [0, 0.05) is 5.56 Å². The minimum Gasteiger partial charge on any atom is -0.459 e. The van der Waals surface area contributed by atoms with Crippen LogP contribution in [0, 0.1) is 11.7 Å². The molecule has 1 saturated carbocycles. The lowest BCUT2D eigenvalue weighted by atomic mass is 9.84. The Morgan fingerprint density at radius 2 is 1.71 bits per heavy atom. The van der Waals surface area contributed by atoms with Gasteiger partial charge >= 0.3 is 5.97 Å². The van der Waals surface area contributed by atoms with Crippen LogP contribution in [0.5, 0.6) is 0 Å². The maximum atomic E-state index is 14.8. The zero-order valence-electron chi connectivity index (χ0n) is 22.6. The molecule has 4 rings (SSSR count). The van der Waals surface area contributed by atoms with Crippen molar-refractivity contribution in [2.75, 3.05) is 0 Å². The van der Waals surface area contributed by atoms with Crippen molar-refractivity contribution in [1.29, 1.82) is 0 Å². The van der Waals surface area contributed by atoms with Crippen molar-refractivity contribution >= 4 is 18.1 Å². The summed E-state index contributed by atoms with van der Waals surface area (Å²) in [4.78, 5) is 12.6. The van der Waals surface area contributed by atoms with Gasteiger partial charge in [0.25, 0.3) is 0 Å². The first-order chi connectivity index (χ1) is 18.5. The molecule has 3 aromatic rings. The van der Waals surface area contributed by atoms with Gasteiger partial charge in [-0.2, -0.15) is 0 Å². The van der Waals surface area contributed by atoms with Crippen molar-refractivity contribution in [3.63, 3.8) is 0 Å². The summed E-state index contributed by atoms with van der Waals surface area (Å²) in [6.45, 7) is 4.29. The van der Waals surface area contributed by atoms with E-state index >= 15 is 0 Å². The normalized spacial score (nSPS) is 18.6. The molecule has 0 bridgehead atoms. The van der Waals surface area contributed by atoms with Crippen LogP contribution in [-0.4, -0.2) is 12.1 Å². The number of halogens is 1. The largest absolute Gasteiger partial charge is 0.459 e. The Kier molecular flexibility index (Phi) is 10.1. The summed E-state index contributed by atoms with van der Waals surface area (Å²) in [5, 5.41) is 0. The van der Waals surface area contributed by atoms with E-state index in [1.807, 2.05) is 12.1 Å². The molecule has 38 heavy (non-hydrogen) atoms. The predicted molar refractivity (Wildman–Crippen MR) is 156 cm³/mol. The molecule has 1 aliphatic carbocycles. The van der Waals surface area contributed by atoms with Crippen molar-refractivity contribution in [1.82, 2.24) is 0 Å². The van der Waals surface area contributed by atoms with E-state index in [-0.39, 0.29) is 11.7 Å². The predicted octanol–water partition coefficient (Wildman–Crippen LogP) is 9.41. The van der Waals surface area contributed by atoms with Crippen LogP contribution in [0.4, 0.5) is 4.39 Å². The van der Waals surface area contributed by atoms with E-state index in [1.165, 1.54) is 23.6 Å². The standard InChI is InChI=1S/C35H39FO2/c1-3-4-6-9-27-17-22-33(23-18-27)38-35(37)32-21-20-31(34(36)25-32)19-16-28-12-14-29(15-13-28)24-26(2)30-10-7-5-8-11-30/h3-5,7-8,10-16,19-21,25-27,33H,6,9,17-18,22-24H2,1-2H3/b4-3+,19-16+. The van der Waals surface area contributed by atoms with Crippen molar-refractivity contribution in [2.24, 2.45) is 5.92 Å². The topological polar surface area (TPSA) is 26.3 Å². The summed E-state index contributed by atoms with van der Waals surface area (Å²) < 4.78 is 20.5. The monoisotopic (exact) mass is 510 g/mol. The number of carbonyl (C=O) groups is 1. The van der Waals surface area contributed by atoms with Gasteiger partial charge in [0.2, 0.25) is 0 Å². The van der Waals surface area contributed by atoms with E-state index in [1.54, 1.807) is 18.2 Å². The van der Waals surface area contributed by atoms with Crippen LogP contribution >= 0.6 is 0 Å². The molecule has 0 aromatic heterocycles. The molecule has 198 valence electrons. The number of hydrogen-bond donors (Lipinski definition) is 0. The Bertz CT molecular complexity index is 1220. The van der Waals surface area contributed by atoms with E-state index in [0.717, 1.165) is 44.1 Å². The number of rotatable bonds is 10. The van der Waals surface area contributed by atoms with Gasteiger partial charge < -0.3 is 4.74 Å². The second-order valence-corrected chi connectivity index (χ2v) is 10.5. The number of benzene rings is 3. The molecule has 1 atom stereocenters. The van der Waals surface area contributed by atoms with Gasteiger partial charge in [-0.25, -0.2) is 9.18 Å². The smallest absolute Gasteiger partial charge is 0.338 e. The van der Waals surface area contributed by atoms with Crippen molar-refractivity contribution < 1.29 is 13.9 Å². The highest BCUT2D eigenvalue weighted by atomic mass is 19.1. The van der Waals surface area contributed by atoms with E-state index in [4.69, 9.17) is 4.74 Å². The fourth-order valence-electron chi connectivity index (χ4n) is 5.25. The summed E-state index contributed by atoms with van der Waals surface area (Å²) in [5.74, 6) is 0.299. The van der Waals surface area contributed by atoms with Crippen molar-refractivity contribution in [3.8, 4) is 0 Å². The molecule has 0 spiro atoms. The average molecular weight is 511 g/mol. The molecule has 2 nitrogen and oxygen atoms in total. The third kappa shape index (κ3) is 8.02. The molecule has 3 heteroatoms. The Hall–Kier alpha value is -3.46. The molecular formula is C35H39FO2. The van der Waals surface area contributed by atoms with Crippen LogP contribution in [-0.2, 0) is 11.2 Å². The lowest BCUT2D eigenvalue weighted by Gasteiger charge is -2.28. The number of allylic oxidation sites excluding steroid dienone is 2. The van der Waals surface area contributed by atoms with Gasteiger partial charge in [0.05, 0.1) is 5.56 Å². The van der Waals surface area contributed by atoms with Crippen molar-refractivity contribution in [3.05, 3.63) is 119 Å². The third-order valence-electron chi connectivity index (χ3n) is 7.63. The first kappa shape index (κ1) is 27.6. The van der Waals surface area contributed by atoms with Crippen LogP contribution in [0.2, 0.25) is 0 Å². The summed E-state index contributed by atoms with van der Waals surface area (Å²) in [6.07, 6.45) is 15.1. The quantitative estimate of drug-likeness (QED) is 0.154. The molecule has 0 saturated heterocycles. The minimum absolute atomic E-state index is 0.0678. The zero-order chi connectivity index (χ0) is 26.7. The number of hydrogen-bond acceptors (Lipinski definition) is 2. The maximum absolute atomic E-state index is 14.8. The maximum Gasteiger partial charge on any atom is 0.338 e. The van der Waals surface area contributed by atoms with Gasteiger partial charge in [-0.15, -0.1) is 0 Å².